The summed E-state index contributed by atoms with van der Waals surface area (Å²) in [5.41, 5.74) is 4.04. The molecule has 2 atom stereocenters. The summed E-state index contributed by atoms with van der Waals surface area (Å²) in [6, 6.07) is 16.7. The molecule has 0 spiro atoms. The molecule has 1 N–H and O–H groups in total. The van der Waals surface area contributed by atoms with Gasteiger partial charge < -0.3 is 4.57 Å². The minimum Gasteiger partial charge on any atom is -0.310 e. The first kappa shape index (κ1) is 29.5. The number of imidazole rings is 1. The molecule has 1 fully saturated rings. The van der Waals surface area contributed by atoms with E-state index in [-0.39, 0.29) is 23.7 Å². The number of allylic oxidation sites excluding steroid dienone is 4. The van der Waals surface area contributed by atoms with Crippen molar-refractivity contribution in [2.75, 3.05) is 5.32 Å². The van der Waals surface area contributed by atoms with Crippen molar-refractivity contribution in [2.24, 2.45) is 11.8 Å². The number of ketones is 1. The van der Waals surface area contributed by atoms with Crippen molar-refractivity contribution >= 4 is 28.7 Å². The third kappa shape index (κ3) is 7.18. The van der Waals surface area contributed by atoms with Crippen molar-refractivity contribution < 1.29 is 9.59 Å². The Hall–Kier alpha value is -4.49. The fourth-order valence-electron chi connectivity index (χ4n) is 5.54. The van der Waals surface area contributed by atoms with Gasteiger partial charge in [-0.25, -0.2) is 4.98 Å². The van der Waals surface area contributed by atoms with Crippen LogP contribution >= 0.6 is 0 Å². The van der Waals surface area contributed by atoms with Gasteiger partial charge in [-0.3, -0.25) is 14.9 Å². The van der Waals surface area contributed by atoms with E-state index in [4.69, 9.17) is 10.2 Å². The van der Waals surface area contributed by atoms with Gasteiger partial charge in [0.05, 0.1) is 28.7 Å². The molecule has 1 aromatic heterocycles. The number of rotatable bonds is 10. The van der Waals surface area contributed by atoms with E-state index in [0.29, 0.717) is 35.0 Å². The SMILES string of the molecule is C/C=C\C(C#N)=C/C(C)CCn1c(NC(=O)c2ccc(C#N)cc2)nc2cc(C(C)C(=O)C3CCCCC3)ccc21. The zero-order valence-electron chi connectivity index (χ0n) is 24.1. The number of hydrogen-bond donors (Lipinski definition) is 1. The minimum absolute atomic E-state index is 0.118. The van der Waals surface area contributed by atoms with Gasteiger partial charge >= 0.3 is 0 Å². The number of carbonyl (C=O) groups is 2. The van der Waals surface area contributed by atoms with Gasteiger partial charge in [0, 0.05) is 29.5 Å². The van der Waals surface area contributed by atoms with Gasteiger partial charge in [-0.2, -0.15) is 10.5 Å². The molecule has 7 nitrogen and oxygen atoms in total. The van der Waals surface area contributed by atoms with Crippen LogP contribution in [0.5, 0.6) is 0 Å². The normalized spacial score (nSPS) is 15.8. The number of nitriles is 2. The fraction of sp³-hybridized carbons (Fsp3) is 0.382. The summed E-state index contributed by atoms with van der Waals surface area (Å²) in [6.45, 7) is 6.50. The Kier molecular flexibility index (Phi) is 9.87. The highest BCUT2D eigenvalue weighted by atomic mass is 16.2. The molecule has 0 radical (unpaired) electrons. The second kappa shape index (κ2) is 13.7. The largest absolute Gasteiger partial charge is 0.310 e. The highest BCUT2D eigenvalue weighted by molar-refractivity contribution is 6.04. The Morgan fingerprint density at radius 2 is 1.83 bits per heavy atom. The summed E-state index contributed by atoms with van der Waals surface area (Å²) in [5.74, 6) is 0.429. The third-order valence-corrected chi connectivity index (χ3v) is 7.96. The topological polar surface area (TPSA) is 112 Å². The van der Waals surface area contributed by atoms with E-state index >= 15 is 0 Å². The second-order valence-electron chi connectivity index (χ2n) is 10.9. The summed E-state index contributed by atoms with van der Waals surface area (Å²) in [5, 5.41) is 21.4. The maximum atomic E-state index is 13.3. The molecule has 41 heavy (non-hydrogen) atoms. The molecule has 7 heteroatoms. The van der Waals surface area contributed by atoms with Crippen LogP contribution in [0.15, 0.2) is 66.3 Å². The van der Waals surface area contributed by atoms with Crippen molar-refractivity contribution in [2.45, 2.75) is 71.8 Å². The molecule has 4 rings (SSSR count). The number of benzene rings is 2. The smallest absolute Gasteiger partial charge is 0.257 e. The molecule has 0 bridgehead atoms. The van der Waals surface area contributed by atoms with E-state index in [1.807, 2.05) is 48.8 Å². The lowest BCUT2D eigenvalue weighted by atomic mass is 9.80. The minimum atomic E-state index is -0.320. The first-order valence-corrected chi connectivity index (χ1v) is 14.4. The predicted octanol–water partition coefficient (Wildman–Crippen LogP) is 7.47. The Morgan fingerprint density at radius 1 is 1.10 bits per heavy atom. The molecular weight excluding hydrogens is 510 g/mol. The maximum absolute atomic E-state index is 13.3. The van der Waals surface area contributed by atoms with Crippen molar-refractivity contribution in [1.29, 1.82) is 10.5 Å². The second-order valence-corrected chi connectivity index (χ2v) is 10.9. The number of nitrogens with zero attached hydrogens (tertiary/aromatic N) is 4. The number of amides is 1. The molecule has 2 aromatic carbocycles. The molecule has 1 heterocycles. The molecule has 3 aromatic rings. The van der Waals surface area contributed by atoms with E-state index in [1.165, 1.54) is 6.42 Å². The number of hydrogen-bond acceptors (Lipinski definition) is 5. The molecule has 1 aliphatic rings. The van der Waals surface area contributed by atoms with Gasteiger partial charge in [-0.05, 0) is 80.1 Å². The monoisotopic (exact) mass is 547 g/mol. The van der Waals surface area contributed by atoms with E-state index in [2.05, 4.69) is 24.4 Å². The zero-order chi connectivity index (χ0) is 29.4. The summed E-state index contributed by atoms with van der Waals surface area (Å²) in [6.07, 6.45) is 11.7. The average molecular weight is 548 g/mol. The van der Waals surface area contributed by atoms with Crippen LogP contribution in [-0.4, -0.2) is 21.2 Å². The standard InChI is InChI=1S/C34H37N5O2/c1-4-8-26(22-36)19-23(2)17-18-39-31-16-15-29(24(3)32(40)27-9-6-5-7-10-27)20-30(31)37-34(39)38-33(41)28-13-11-25(21-35)12-14-28/h4,8,11-16,19-20,23-24,27H,5-7,9-10,17-18H2,1-3H3,(H,37,38,41)/b8-4-,26-19+. The molecule has 210 valence electrons. The number of carbonyl (C=O) groups excluding carboxylic acids is 2. The number of anilines is 1. The van der Waals surface area contributed by atoms with E-state index in [1.54, 1.807) is 30.3 Å². The Labute approximate surface area is 242 Å². The van der Waals surface area contributed by atoms with Crippen LogP contribution in [0.25, 0.3) is 11.0 Å². The Balaban J connectivity index is 1.64. The lowest BCUT2D eigenvalue weighted by Crippen LogP contribution is -2.22. The quantitative estimate of drug-likeness (QED) is 0.209. The van der Waals surface area contributed by atoms with Gasteiger partial charge in [0.15, 0.2) is 0 Å². The van der Waals surface area contributed by atoms with Crippen molar-refractivity contribution in [1.82, 2.24) is 9.55 Å². The third-order valence-electron chi connectivity index (χ3n) is 7.96. The van der Waals surface area contributed by atoms with Crippen molar-refractivity contribution in [3.8, 4) is 12.1 Å². The lowest BCUT2D eigenvalue weighted by Gasteiger charge is -2.23. The first-order valence-electron chi connectivity index (χ1n) is 14.4. The van der Waals surface area contributed by atoms with Gasteiger partial charge in [0.2, 0.25) is 5.95 Å². The van der Waals surface area contributed by atoms with Gasteiger partial charge in [-0.15, -0.1) is 0 Å². The Bertz CT molecular complexity index is 1540. The Morgan fingerprint density at radius 3 is 2.49 bits per heavy atom. The van der Waals surface area contributed by atoms with Gasteiger partial charge in [0.1, 0.15) is 5.78 Å². The fourth-order valence-corrected chi connectivity index (χ4v) is 5.54. The number of fused-ring (bicyclic) bond motifs is 1. The molecule has 0 aliphatic heterocycles. The van der Waals surface area contributed by atoms with E-state index in [0.717, 1.165) is 48.7 Å². The molecule has 2 unspecified atom stereocenters. The lowest BCUT2D eigenvalue weighted by molar-refractivity contribution is -0.124. The van der Waals surface area contributed by atoms with Crippen LogP contribution in [0.4, 0.5) is 5.95 Å². The van der Waals surface area contributed by atoms with Crippen LogP contribution in [0.1, 0.15) is 86.7 Å². The summed E-state index contributed by atoms with van der Waals surface area (Å²) >= 11 is 0. The molecule has 1 aliphatic carbocycles. The van der Waals surface area contributed by atoms with Crippen LogP contribution < -0.4 is 5.32 Å². The highest BCUT2D eigenvalue weighted by Crippen LogP contribution is 2.32. The van der Waals surface area contributed by atoms with Crippen LogP contribution in [0.3, 0.4) is 0 Å². The predicted molar refractivity (Wildman–Crippen MR) is 161 cm³/mol. The van der Waals surface area contributed by atoms with Gasteiger partial charge in [0.25, 0.3) is 5.91 Å². The maximum Gasteiger partial charge on any atom is 0.257 e. The number of aryl methyl sites for hydroxylation is 1. The van der Waals surface area contributed by atoms with Crippen LogP contribution in [0, 0.1) is 34.5 Å². The zero-order valence-corrected chi connectivity index (χ0v) is 24.1. The van der Waals surface area contributed by atoms with Crippen LogP contribution in [-0.2, 0) is 11.3 Å². The highest BCUT2D eigenvalue weighted by Gasteiger charge is 2.27. The average Bonchev–Trinajstić information content (AvgIpc) is 3.35. The number of aromatic nitrogens is 2. The summed E-state index contributed by atoms with van der Waals surface area (Å²) in [4.78, 5) is 31.2. The first-order chi connectivity index (χ1) is 19.8. The van der Waals surface area contributed by atoms with Crippen molar-refractivity contribution in [3.63, 3.8) is 0 Å². The summed E-state index contributed by atoms with van der Waals surface area (Å²) in [7, 11) is 0. The van der Waals surface area contributed by atoms with Crippen LogP contribution in [0.2, 0.25) is 0 Å². The van der Waals surface area contributed by atoms with E-state index in [9.17, 15) is 14.9 Å². The van der Waals surface area contributed by atoms with Gasteiger partial charge in [-0.1, -0.05) is 51.3 Å². The number of nitrogens with one attached hydrogen (secondary N) is 1. The number of Topliss-reactive ketones (excluding diaryl/α,β-unsaturated/α-hetero) is 1. The molecule has 1 amide bonds. The van der Waals surface area contributed by atoms with E-state index < -0.39 is 0 Å². The molecule has 0 saturated heterocycles. The summed E-state index contributed by atoms with van der Waals surface area (Å²) < 4.78 is 1.99. The van der Waals surface area contributed by atoms with Crippen molar-refractivity contribution in [3.05, 3.63) is 83.0 Å². The molecular formula is C34H37N5O2. The molecule has 1 saturated carbocycles.